The van der Waals surface area contributed by atoms with Crippen molar-refractivity contribution in [2.45, 2.75) is 13.0 Å². The topological polar surface area (TPSA) is 89.9 Å². The number of thiophene rings is 1. The first kappa shape index (κ1) is 12.0. The fourth-order valence-electron chi connectivity index (χ4n) is 1.61. The minimum Gasteiger partial charge on any atom is -0.396 e. The van der Waals surface area contributed by atoms with Crippen LogP contribution in [0.3, 0.4) is 0 Å². The Balaban J connectivity index is 1.72. The quantitative estimate of drug-likeness (QED) is 0.747. The first-order chi connectivity index (χ1) is 9.35. The normalized spacial score (nSPS) is 11.0. The predicted octanol–water partition coefficient (Wildman–Crippen LogP) is 0.973. The van der Waals surface area contributed by atoms with Crippen LogP contribution < -0.4 is 0 Å². The second-order valence-corrected chi connectivity index (χ2v) is 4.69. The molecule has 98 valence electrons. The van der Waals surface area contributed by atoms with Gasteiger partial charge in [-0.25, -0.2) is 4.68 Å². The monoisotopic (exact) mass is 277 g/mol. The van der Waals surface area contributed by atoms with Crippen molar-refractivity contribution in [2.24, 2.45) is 0 Å². The van der Waals surface area contributed by atoms with Gasteiger partial charge < -0.3 is 9.63 Å². The molecule has 0 saturated heterocycles. The lowest BCUT2D eigenvalue weighted by atomic mass is 10.3. The summed E-state index contributed by atoms with van der Waals surface area (Å²) in [4.78, 5) is 4.29. The van der Waals surface area contributed by atoms with Gasteiger partial charge in [0.1, 0.15) is 6.54 Å². The highest BCUT2D eigenvalue weighted by atomic mass is 32.1. The highest BCUT2D eigenvalue weighted by molar-refractivity contribution is 7.08. The summed E-state index contributed by atoms with van der Waals surface area (Å²) in [6.07, 6.45) is 2.25. The Morgan fingerprint density at radius 2 is 2.37 bits per heavy atom. The van der Waals surface area contributed by atoms with Gasteiger partial charge in [0.05, 0.1) is 11.3 Å². The minimum absolute atomic E-state index is 0.0587. The molecule has 7 nitrogen and oxygen atoms in total. The van der Waals surface area contributed by atoms with Crippen LogP contribution in [0, 0.1) is 0 Å². The van der Waals surface area contributed by atoms with Crippen molar-refractivity contribution < 1.29 is 9.63 Å². The number of hydrogen-bond acceptors (Lipinski definition) is 7. The van der Waals surface area contributed by atoms with Crippen LogP contribution in [-0.4, -0.2) is 36.8 Å². The Morgan fingerprint density at radius 1 is 1.42 bits per heavy atom. The Hall–Kier alpha value is -2.06. The van der Waals surface area contributed by atoms with E-state index in [2.05, 4.69) is 20.5 Å². The first-order valence-electron chi connectivity index (χ1n) is 5.70. The van der Waals surface area contributed by atoms with Crippen molar-refractivity contribution in [1.29, 1.82) is 0 Å². The summed E-state index contributed by atoms with van der Waals surface area (Å²) in [6, 6.07) is 1.93. The van der Waals surface area contributed by atoms with Crippen LogP contribution in [0.15, 0.2) is 27.5 Å². The maximum atomic E-state index is 8.81. The van der Waals surface area contributed by atoms with Crippen molar-refractivity contribution >= 4 is 11.3 Å². The standard InChI is InChI=1S/C11H11N5O2S/c17-3-1-9-5-16(15-13-9)6-10-12-11(18-14-10)8-2-4-19-7-8/h2,4-5,7,17H,1,3,6H2. The molecule has 3 heterocycles. The summed E-state index contributed by atoms with van der Waals surface area (Å²) < 4.78 is 6.80. The maximum absolute atomic E-state index is 8.81. The smallest absolute Gasteiger partial charge is 0.258 e. The summed E-state index contributed by atoms with van der Waals surface area (Å²) in [5.41, 5.74) is 1.66. The van der Waals surface area contributed by atoms with Gasteiger partial charge in [0.15, 0.2) is 5.82 Å². The molecule has 3 aromatic heterocycles. The van der Waals surface area contributed by atoms with E-state index >= 15 is 0 Å². The van der Waals surface area contributed by atoms with E-state index in [1.807, 2.05) is 16.8 Å². The van der Waals surface area contributed by atoms with Crippen LogP contribution in [0.25, 0.3) is 11.5 Å². The molecule has 0 radical (unpaired) electrons. The summed E-state index contributed by atoms with van der Waals surface area (Å²) >= 11 is 1.58. The van der Waals surface area contributed by atoms with Crippen LogP contribution in [0.2, 0.25) is 0 Å². The molecule has 0 aliphatic heterocycles. The fraction of sp³-hybridized carbons (Fsp3) is 0.273. The molecule has 0 aliphatic carbocycles. The molecule has 0 unspecified atom stereocenters. The van der Waals surface area contributed by atoms with E-state index < -0.39 is 0 Å². The van der Waals surface area contributed by atoms with Gasteiger partial charge in [0.2, 0.25) is 0 Å². The third-order valence-electron chi connectivity index (χ3n) is 2.49. The van der Waals surface area contributed by atoms with Crippen LogP contribution in [0.1, 0.15) is 11.5 Å². The summed E-state index contributed by atoms with van der Waals surface area (Å²) in [5.74, 6) is 1.05. The molecule has 0 spiro atoms. The zero-order valence-corrected chi connectivity index (χ0v) is 10.7. The number of aromatic nitrogens is 5. The van der Waals surface area contributed by atoms with Crippen molar-refractivity contribution in [2.75, 3.05) is 6.61 Å². The second kappa shape index (κ2) is 5.29. The minimum atomic E-state index is 0.0587. The van der Waals surface area contributed by atoms with Crippen LogP contribution >= 0.6 is 11.3 Å². The number of rotatable bonds is 5. The molecule has 19 heavy (non-hydrogen) atoms. The summed E-state index contributed by atoms with van der Waals surface area (Å²) in [7, 11) is 0. The molecule has 0 amide bonds. The highest BCUT2D eigenvalue weighted by Gasteiger charge is 2.10. The Kier molecular flexibility index (Phi) is 3.34. The predicted molar refractivity (Wildman–Crippen MR) is 67.5 cm³/mol. The highest BCUT2D eigenvalue weighted by Crippen LogP contribution is 2.19. The third-order valence-corrected chi connectivity index (χ3v) is 3.18. The van der Waals surface area contributed by atoms with E-state index in [0.717, 1.165) is 11.3 Å². The van der Waals surface area contributed by atoms with Crippen molar-refractivity contribution in [3.05, 3.63) is 34.5 Å². The largest absolute Gasteiger partial charge is 0.396 e. The van der Waals surface area contributed by atoms with Gasteiger partial charge in [0.25, 0.3) is 5.89 Å². The van der Waals surface area contributed by atoms with Gasteiger partial charge in [-0.1, -0.05) is 10.4 Å². The maximum Gasteiger partial charge on any atom is 0.258 e. The molecule has 3 aromatic rings. The molecule has 3 rings (SSSR count). The zero-order valence-electron chi connectivity index (χ0n) is 9.93. The zero-order chi connectivity index (χ0) is 13.1. The second-order valence-electron chi connectivity index (χ2n) is 3.91. The number of hydrogen-bond donors (Lipinski definition) is 1. The molecular formula is C11H11N5O2S. The van der Waals surface area contributed by atoms with Crippen LogP contribution in [-0.2, 0) is 13.0 Å². The van der Waals surface area contributed by atoms with Crippen molar-refractivity contribution in [1.82, 2.24) is 25.1 Å². The van der Waals surface area contributed by atoms with Crippen molar-refractivity contribution in [3.8, 4) is 11.5 Å². The molecule has 0 saturated carbocycles. The third kappa shape index (κ3) is 2.69. The lowest BCUT2D eigenvalue weighted by molar-refractivity contribution is 0.298. The van der Waals surface area contributed by atoms with Crippen LogP contribution in [0.5, 0.6) is 0 Å². The Labute approximate surface area is 112 Å². The average molecular weight is 277 g/mol. The first-order valence-corrected chi connectivity index (χ1v) is 6.64. The van der Waals surface area contributed by atoms with E-state index in [1.165, 1.54) is 0 Å². The number of aliphatic hydroxyl groups excluding tert-OH is 1. The van der Waals surface area contributed by atoms with Crippen LogP contribution in [0.4, 0.5) is 0 Å². The van der Waals surface area contributed by atoms with E-state index in [9.17, 15) is 0 Å². The summed E-state index contributed by atoms with van der Waals surface area (Å²) in [6.45, 7) is 0.454. The lowest BCUT2D eigenvalue weighted by Gasteiger charge is -1.92. The van der Waals surface area contributed by atoms with E-state index in [-0.39, 0.29) is 6.61 Å². The fourth-order valence-corrected chi connectivity index (χ4v) is 2.24. The summed E-state index contributed by atoms with van der Waals surface area (Å²) in [5, 5.41) is 24.5. The molecule has 8 heteroatoms. The van der Waals surface area contributed by atoms with E-state index in [0.29, 0.717) is 24.7 Å². The molecule has 0 aliphatic rings. The molecule has 0 atom stereocenters. The SMILES string of the molecule is OCCc1cn(Cc2noc(-c3ccsc3)n2)nn1. The molecule has 0 bridgehead atoms. The van der Waals surface area contributed by atoms with E-state index in [1.54, 1.807) is 22.2 Å². The van der Waals surface area contributed by atoms with Crippen molar-refractivity contribution in [3.63, 3.8) is 0 Å². The van der Waals surface area contributed by atoms with Gasteiger partial charge in [-0.2, -0.15) is 16.3 Å². The Morgan fingerprint density at radius 3 is 3.16 bits per heavy atom. The number of aliphatic hydroxyl groups is 1. The molecule has 0 aromatic carbocycles. The molecular weight excluding hydrogens is 266 g/mol. The molecule has 1 N–H and O–H groups in total. The van der Waals surface area contributed by atoms with Gasteiger partial charge in [-0.15, -0.1) is 5.10 Å². The van der Waals surface area contributed by atoms with Gasteiger partial charge in [0, 0.05) is 24.6 Å². The van der Waals surface area contributed by atoms with Gasteiger partial charge in [-0.3, -0.25) is 0 Å². The van der Waals surface area contributed by atoms with Gasteiger partial charge >= 0.3 is 0 Å². The molecule has 0 fully saturated rings. The lowest BCUT2D eigenvalue weighted by Crippen LogP contribution is -2.02. The Bertz CT molecular complexity index is 646. The van der Waals surface area contributed by atoms with Gasteiger partial charge in [-0.05, 0) is 11.4 Å². The van der Waals surface area contributed by atoms with E-state index in [4.69, 9.17) is 9.63 Å². The number of nitrogens with zero attached hydrogens (tertiary/aromatic N) is 5. The average Bonchev–Trinajstić information content (AvgIpc) is 3.10.